The fourth-order valence-electron chi connectivity index (χ4n) is 5.38. The first-order valence-corrected chi connectivity index (χ1v) is 12.5. The van der Waals surface area contributed by atoms with Crippen LogP contribution in [0.2, 0.25) is 0 Å². The molecule has 3 aromatic heterocycles. The lowest BCUT2D eigenvalue weighted by molar-refractivity contribution is 0.0827. The monoisotopic (exact) mass is 534 g/mol. The van der Waals surface area contributed by atoms with Gasteiger partial charge in [0, 0.05) is 94.7 Å². The molecule has 39 heavy (non-hydrogen) atoms. The Morgan fingerprint density at radius 3 is 2.69 bits per heavy atom. The molecule has 0 radical (unpaired) electrons. The molecule has 0 bridgehead atoms. The molecule has 1 amide bonds. The molecular weight excluding hydrogens is 495 g/mol. The SMILES string of the molecule is [2H]C([2H])([2H])N(C(=O)c1cc(C)c(C2=CCN([C@@H](C)c3cc4c(-n5ccc(N)cc5=O)ccnc4n3C)CC2)c(F)c1)C([2H])([2H])[2H]. The second-order valence-electron chi connectivity index (χ2n) is 9.80. The number of aromatic nitrogens is 3. The van der Waals surface area contributed by atoms with E-state index in [0.717, 1.165) is 22.7 Å². The zero-order valence-corrected chi connectivity index (χ0v) is 21.9. The summed E-state index contributed by atoms with van der Waals surface area (Å²) >= 11 is 0. The lowest BCUT2D eigenvalue weighted by Gasteiger charge is -2.32. The number of nitrogen functional groups attached to an aromatic ring is 1. The van der Waals surface area contributed by atoms with Crippen molar-refractivity contribution in [2.45, 2.75) is 26.3 Å². The van der Waals surface area contributed by atoms with Crippen molar-refractivity contribution in [3.05, 3.63) is 93.4 Å². The number of fused-ring (bicyclic) bond motifs is 1. The number of nitrogens with two attached hydrogens (primary N) is 1. The first kappa shape index (κ1) is 19.8. The molecule has 0 aliphatic carbocycles. The Labute approximate surface area is 235 Å². The maximum Gasteiger partial charge on any atom is 0.257 e. The summed E-state index contributed by atoms with van der Waals surface area (Å²) < 4.78 is 64.1. The number of amides is 1. The molecule has 4 aromatic rings. The van der Waals surface area contributed by atoms with Crippen LogP contribution in [-0.2, 0) is 7.05 Å². The van der Waals surface area contributed by atoms with E-state index in [4.69, 9.17) is 14.0 Å². The quantitative estimate of drug-likeness (QED) is 0.412. The van der Waals surface area contributed by atoms with Gasteiger partial charge in [-0.3, -0.25) is 19.1 Å². The minimum atomic E-state index is -3.23. The van der Waals surface area contributed by atoms with Crippen molar-refractivity contribution in [1.82, 2.24) is 23.9 Å². The molecule has 0 saturated heterocycles. The van der Waals surface area contributed by atoms with E-state index in [1.807, 2.05) is 23.8 Å². The number of carbonyl (C=O) groups excluding carboxylic acids is 1. The van der Waals surface area contributed by atoms with E-state index in [1.165, 1.54) is 16.7 Å². The van der Waals surface area contributed by atoms with Gasteiger partial charge in [0.2, 0.25) is 0 Å². The lowest BCUT2D eigenvalue weighted by atomic mass is 9.92. The average molecular weight is 535 g/mol. The number of rotatable bonds is 5. The van der Waals surface area contributed by atoms with Crippen LogP contribution in [0.4, 0.5) is 10.1 Å². The van der Waals surface area contributed by atoms with Gasteiger partial charge in [-0.2, -0.15) is 0 Å². The number of pyridine rings is 2. The molecule has 2 N–H and O–H groups in total. The first-order chi connectivity index (χ1) is 21.0. The van der Waals surface area contributed by atoms with Gasteiger partial charge in [0.25, 0.3) is 11.5 Å². The van der Waals surface area contributed by atoms with Gasteiger partial charge in [-0.15, -0.1) is 0 Å². The molecule has 5 rings (SSSR count). The third-order valence-electron chi connectivity index (χ3n) is 7.42. The van der Waals surface area contributed by atoms with E-state index in [9.17, 15) is 9.59 Å². The molecular formula is C30H33FN6O2. The van der Waals surface area contributed by atoms with Gasteiger partial charge >= 0.3 is 0 Å². The predicted octanol–water partition coefficient (Wildman–Crippen LogP) is 4.31. The van der Waals surface area contributed by atoms with Crippen LogP contribution in [0.15, 0.2) is 59.7 Å². The van der Waals surface area contributed by atoms with Gasteiger partial charge in [-0.1, -0.05) is 6.08 Å². The highest BCUT2D eigenvalue weighted by Gasteiger charge is 2.25. The Bertz CT molecular complexity index is 1860. The Balaban J connectivity index is 1.40. The van der Waals surface area contributed by atoms with E-state index in [-0.39, 0.29) is 22.1 Å². The summed E-state index contributed by atoms with van der Waals surface area (Å²) in [5, 5.41) is 0.810. The minimum Gasteiger partial charge on any atom is -0.399 e. The molecule has 0 saturated carbocycles. The van der Waals surface area contributed by atoms with E-state index >= 15 is 4.39 Å². The molecule has 0 unspecified atom stereocenters. The van der Waals surface area contributed by atoms with Gasteiger partial charge in [0.05, 0.1) is 5.69 Å². The number of anilines is 1. The highest BCUT2D eigenvalue weighted by Crippen LogP contribution is 2.34. The third-order valence-corrected chi connectivity index (χ3v) is 7.42. The molecule has 1 aromatic carbocycles. The highest BCUT2D eigenvalue weighted by molar-refractivity contribution is 5.94. The summed E-state index contributed by atoms with van der Waals surface area (Å²) in [7, 11) is 1.92. The Hall–Kier alpha value is -4.24. The van der Waals surface area contributed by atoms with Crippen LogP contribution in [0.25, 0.3) is 22.3 Å². The van der Waals surface area contributed by atoms with Gasteiger partial charge in [0.1, 0.15) is 11.5 Å². The van der Waals surface area contributed by atoms with E-state index in [0.29, 0.717) is 47.7 Å². The van der Waals surface area contributed by atoms with Crippen molar-refractivity contribution >= 4 is 28.2 Å². The van der Waals surface area contributed by atoms with Crippen molar-refractivity contribution in [2.75, 3.05) is 32.8 Å². The Kier molecular flexibility index (Phi) is 5.14. The second-order valence-corrected chi connectivity index (χ2v) is 9.80. The molecule has 1 aliphatic heterocycles. The Morgan fingerprint density at radius 2 is 2.03 bits per heavy atom. The largest absolute Gasteiger partial charge is 0.399 e. The van der Waals surface area contributed by atoms with Gasteiger partial charge in [-0.25, -0.2) is 9.37 Å². The number of nitrogens with zero attached hydrogens (tertiary/aromatic N) is 5. The molecule has 1 aliphatic rings. The lowest BCUT2D eigenvalue weighted by Crippen LogP contribution is -2.32. The summed E-state index contributed by atoms with van der Waals surface area (Å²) in [5.74, 6) is -2.03. The van der Waals surface area contributed by atoms with Crippen LogP contribution in [0.3, 0.4) is 0 Å². The molecule has 0 fully saturated rings. The van der Waals surface area contributed by atoms with Crippen molar-refractivity contribution in [1.29, 1.82) is 0 Å². The van der Waals surface area contributed by atoms with Crippen LogP contribution >= 0.6 is 0 Å². The molecule has 202 valence electrons. The first-order valence-electron chi connectivity index (χ1n) is 15.5. The number of hydrogen-bond donors (Lipinski definition) is 1. The van der Waals surface area contributed by atoms with Crippen LogP contribution in [0.1, 0.15) is 54.8 Å². The third kappa shape index (κ3) is 4.74. The molecule has 1 atom stereocenters. The standard InChI is InChI=1S/C30H33FN6O2/c1-18-14-21(30(39)34(3)4)15-24(31)28(18)20-7-11-36(12-8-20)19(2)26-17-23-25(6-10-33-29(23)35(26)5)37-13-9-22(32)16-27(37)38/h6-7,9-10,13-17,19H,8,11-12,32H2,1-5H3/t19-/m0/s1/i3D3,4D3. The maximum atomic E-state index is 15.5. The fraction of sp³-hybridized carbons (Fsp3) is 0.300. The van der Waals surface area contributed by atoms with Crippen molar-refractivity contribution in [2.24, 2.45) is 7.05 Å². The summed E-state index contributed by atoms with van der Waals surface area (Å²) in [4.78, 5) is 32.2. The van der Waals surface area contributed by atoms with E-state index in [2.05, 4.69) is 16.8 Å². The van der Waals surface area contributed by atoms with Crippen LogP contribution in [0, 0.1) is 12.7 Å². The van der Waals surface area contributed by atoms with Gasteiger partial charge < -0.3 is 15.2 Å². The zero-order chi connectivity index (χ0) is 33.0. The normalized spacial score (nSPS) is 17.8. The Morgan fingerprint density at radius 1 is 1.23 bits per heavy atom. The van der Waals surface area contributed by atoms with Crippen LogP contribution in [0.5, 0.6) is 0 Å². The van der Waals surface area contributed by atoms with Crippen molar-refractivity contribution < 1.29 is 17.4 Å². The number of benzene rings is 1. The smallest absolute Gasteiger partial charge is 0.257 e. The summed E-state index contributed by atoms with van der Waals surface area (Å²) in [6.45, 7) is -1.69. The minimum absolute atomic E-state index is 0.0605. The van der Waals surface area contributed by atoms with E-state index in [1.54, 1.807) is 31.5 Å². The molecule has 8 nitrogen and oxygen atoms in total. The van der Waals surface area contributed by atoms with Gasteiger partial charge in [-0.05, 0) is 61.7 Å². The number of hydrogen-bond acceptors (Lipinski definition) is 5. The maximum absolute atomic E-state index is 15.5. The fourth-order valence-corrected chi connectivity index (χ4v) is 5.38. The molecule has 9 heteroatoms. The number of carbonyl (C=O) groups is 1. The van der Waals surface area contributed by atoms with E-state index < -0.39 is 25.7 Å². The summed E-state index contributed by atoms with van der Waals surface area (Å²) in [6, 6.07) is 9.00. The average Bonchev–Trinajstić information content (AvgIpc) is 3.27. The second kappa shape index (κ2) is 10.1. The number of halogens is 1. The number of aryl methyl sites for hydroxylation is 2. The van der Waals surface area contributed by atoms with Gasteiger partial charge in [0.15, 0.2) is 0 Å². The predicted molar refractivity (Wildman–Crippen MR) is 152 cm³/mol. The van der Waals surface area contributed by atoms with Crippen LogP contribution in [-0.4, -0.2) is 56.9 Å². The topological polar surface area (TPSA) is 89.4 Å². The van der Waals surface area contributed by atoms with Crippen molar-refractivity contribution in [3.8, 4) is 5.69 Å². The molecule has 0 spiro atoms. The highest BCUT2D eigenvalue weighted by atomic mass is 19.1. The summed E-state index contributed by atoms with van der Waals surface area (Å²) in [5.41, 5.74) is 9.38. The molecule has 4 heterocycles. The van der Waals surface area contributed by atoms with Crippen molar-refractivity contribution in [3.63, 3.8) is 0 Å². The van der Waals surface area contributed by atoms with Crippen LogP contribution < -0.4 is 11.3 Å². The summed E-state index contributed by atoms with van der Waals surface area (Å²) in [6.07, 6.45) is 5.72. The zero-order valence-electron chi connectivity index (χ0n) is 27.9.